The SMILES string of the molecule is CCCCC/C=C\C/C=C\CCCCCCCCCCCC(=O)OC[C@H](COP(=O)(O)O)OC(=O)CCCCCCCCC/C=C\CCCCCCCC. The van der Waals surface area contributed by atoms with Crippen LogP contribution in [0.3, 0.4) is 0 Å². The fraction of sp³-hybridized carbons (Fsp3) is 0.822. The summed E-state index contributed by atoms with van der Waals surface area (Å²) in [5.41, 5.74) is 0. The van der Waals surface area contributed by atoms with E-state index in [1.165, 1.54) is 122 Å². The number of carbonyl (C=O) groups excluding carboxylic acids is 2. The van der Waals surface area contributed by atoms with Crippen LogP contribution in [0.5, 0.6) is 0 Å². The molecule has 316 valence electrons. The maximum absolute atomic E-state index is 12.4. The van der Waals surface area contributed by atoms with E-state index in [4.69, 9.17) is 19.3 Å². The first-order valence-corrected chi connectivity index (χ1v) is 23.8. The number of unbranched alkanes of at least 4 members (excludes halogenated alkanes) is 25. The molecule has 0 unspecified atom stereocenters. The molecule has 1 atom stereocenters. The van der Waals surface area contributed by atoms with E-state index < -0.39 is 32.5 Å². The van der Waals surface area contributed by atoms with Crippen molar-refractivity contribution in [3.8, 4) is 0 Å². The molecule has 0 saturated carbocycles. The zero-order valence-electron chi connectivity index (χ0n) is 34.9. The molecule has 0 spiro atoms. The van der Waals surface area contributed by atoms with Crippen LogP contribution in [0.4, 0.5) is 0 Å². The summed E-state index contributed by atoms with van der Waals surface area (Å²) in [5.74, 6) is -0.889. The van der Waals surface area contributed by atoms with Crippen molar-refractivity contribution < 1.29 is 37.9 Å². The minimum atomic E-state index is -4.76. The molecule has 0 rings (SSSR count). The lowest BCUT2D eigenvalue weighted by Gasteiger charge is -2.18. The number of phosphoric ester groups is 1. The Balaban J connectivity index is 3.89. The molecule has 2 N–H and O–H groups in total. The van der Waals surface area contributed by atoms with Gasteiger partial charge in [-0.25, -0.2) is 4.57 Å². The third kappa shape index (κ3) is 43.0. The first-order valence-electron chi connectivity index (χ1n) is 22.3. The Labute approximate surface area is 332 Å². The van der Waals surface area contributed by atoms with Crippen LogP contribution in [0.15, 0.2) is 36.5 Å². The molecule has 8 nitrogen and oxygen atoms in total. The van der Waals surface area contributed by atoms with Gasteiger partial charge in [0.25, 0.3) is 0 Å². The molecule has 9 heteroatoms. The molecule has 0 bridgehead atoms. The summed E-state index contributed by atoms with van der Waals surface area (Å²) in [5, 5.41) is 0. The van der Waals surface area contributed by atoms with Crippen molar-refractivity contribution in [2.75, 3.05) is 13.2 Å². The number of esters is 2. The van der Waals surface area contributed by atoms with Gasteiger partial charge in [-0.05, 0) is 70.6 Å². The summed E-state index contributed by atoms with van der Waals surface area (Å²) in [7, 11) is -4.76. The van der Waals surface area contributed by atoms with Gasteiger partial charge in [0.15, 0.2) is 6.10 Å². The minimum absolute atomic E-state index is 0.207. The Bertz CT molecular complexity index is 973. The van der Waals surface area contributed by atoms with Crippen LogP contribution >= 0.6 is 7.82 Å². The molecule has 0 amide bonds. The van der Waals surface area contributed by atoms with Gasteiger partial charge in [-0.1, -0.05) is 172 Å². The van der Waals surface area contributed by atoms with Gasteiger partial charge in [0.2, 0.25) is 0 Å². The Morgan fingerprint density at radius 3 is 1.28 bits per heavy atom. The van der Waals surface area contributed by atoms with Gasteiger partial charge in [0.1, 0.15) is 6.61 Å². The van der Waals surface area contributed by atoms with Crippen molar-refractivity contribution in [3.05, 3.63) is 36.5 Å². The Kier molecular flexibility index (Phi) is 39.6. The molecule has 0 saturated heterocycles. The lowest BCUT2D eigenvalue weighted by atomic mass is 10.1. The summed E-state index contributed by atoms with van der Waals surface area (Å²) >= 11 is 0. The lowest BCUT2D eigenvalue weighted by molar-refractivity contribution is -0.161. The standard InChI is InChI=1S/C45H83O8P/c1-3-5-7-9-11-13-15-17-19-21-22-24-25-27-29-31-33-35-37-39-44(46)51-41-43(42-52-54(48,49)50)53-45(47)40-38-36-34-32-30-28-26-23-20-18-16-14-12-10-8-6-4-2/h11,13,17-20,43H,3-10,12,14-16,21-42H2,1-2H3,(H2,48,49,50)/b13-11-,19-17-,20-18-/t43-/m1/s1. The molecular weight excluding hydrogens is 699 g/mol. The highest BCUT2D eigenvalue weighted by molar-refractivity contribution is 7.46. The molecule has 0 aromatic rings. The molecule has 0 aliphatic heterocycles. The second-order valence-electron chi connectivity index (χ2n) is 15.0. The number of ether oxygens (including phenoxy) is 2. The van der Waals surface area contributed by atoms with Gasteiger partial charge in [-0.2, -0.15) is 0 Å². The van der Waals surface area contributed by atoms with E-state index in [1.807, 2.05) is 0 Å². The smallest absolute Gasteiger partial charge is 0.462 e. The molecular formula is C45H83O8P. The highest BCUT2D eigenvalue weighted by atomic mass is 31.2. The van der Waals surface area contributed by atoms with E-state index in [0.29, 0.717) is 6.42 Å². The van der Waals surface area contributed by atoms with Crippen molar-refractivity contribution in [3.63, 3.8) is 0 Å². The summed E-state index contributed by atoms with van der Waals surface area (Å²) in [4.78, 5) is 42.9. The fourth-order valence-corrected chi connectivity index (χ4v) is 6.64. The van der Waals surface area contributed by atoms with E-state index in [9.17, 15) is 14.2 Å². The number of carbonyl (C=O) groups is 2. The highest BCUT2D eigenvalue weighted by Crippen LogP contribution is 2.36. The van der Waals surface area contributed by atoms with Crippen molar-refractivity contribution >= 4 is 19.8 Å². The van der Waals surface area contributed by atoms with Crippen molar-refractivity contribution in [1.82, 2.24) is 0 Å². The number of allylic oxidation sites excluding steroid dienone is 6. The molecule has 54 heavy (non-hydrogen) atoms. The maximum atomic E-state index is 12.4. The van der Waals surface area contributed by atoms with Crippen LogP contribution in [0.25, 0.3) is 0 Å². The van der Waals surface area contributed by atoms with Crippen LogP contribution in [0.2, 0.25) is 0 Å². The Morgan fingerprint density at radius 1 is 0.481 bits per heavy atom. The van der Waals surface area contributed by atoms with Gasteiger partial charge in [-0.15, -0.1) is 0 Å². The Hall–Kier alpha value is -1.73. The topological polar surface area (TPSA) is 119 Å². The summed E-state index contributed by atoms with van der Waals surface area (Å²) in [6.07, 6.45) is 48.6. The molecule has 0 aliphatic carbocycles. The largest absolute Gasteiger partial charge is 0.469 e. The quantitative estimate of drug-likeness (QED) is 0.0272. The predicted octanol–water partition coefficient (Wildman–Crippen LogP) is 13.7. The third-order valence-corrected chi connectivity index (χ3v) is 10.1. The average molecular weight is 783 g/mol. The number of phosphoric acid groups is 1. The van der Waals surface area contributed by atoms with E-state index in [-0.39, 0.29) is 19.4 Å². The van der Waals surface area contributed by atoms with Gasteiger partial charge >= 0.3 is 19.8 Å². The number of rotatable bonds is 41. The molecule has 0 radical (unpaired) electrons. The zero-order valence-corrected chi connectivity index (χ0v) is 35.8. The van der Waals surface area contributed by atoms with E-state index >= 15 is 0 Å². The first-order chi connectivity index (χ1) is 26.3. The van der Waals surface area contributed by atoms with Gasteiger partial charge in [-0.3, -0.25) is 14.1 Å². The van der Waals surface area contributed by atoms with Crippen LogP contribution in [0.1, 0.15) is 219 Å². The summed E-state index contributed by atoms with van der Waals surface area (Å²) in [6.45, 7) is 3.67. The van der Waals surface area contributed by atoms with Crippen LogP contribution < -0.4 is 0 Å². The average Bonchev–Trinajstić information content (AvgIpc) is 3.14. The molecule has 0 fully saturated rings. The van der Waals surface area contributed by atoms with Gasteiger partial charge in [0, 0.05) is 12.8 Å². The molecule has 0 aromatic heterocycles. The Morgan fingerprint density at radius 2 is 0.833 bits per heavy atom. The zero-order chi connectivity index (χ0) is 39.6. The monoisotopic (exact) mass is 783 g/mol. The molecule has 0 aromatic carbocycles. The fourth-order valence-electron chi connectivity index (χ4n) is 6.28. The van der Waals surface area contributed by atoms with Gasteiger partial charge < -0.3 is 19.3 Å². The normalized spacial score (nSPS) is 12.7. The first kappa shape index (κ1) is 52.3. The highest BCUT2D eigenvalue weighted by Gasteiger charge is 2.22. The van der Waals surface area contributed by atoms with Gasteiger partial charge in [0.05, 0.1) is 6.61 Å². The van der Waals surface area contributed by atoms with Crippen LogP contribution in [0, 0.1) is 0 Å². The van der Waals surface area contributed by atoms with Crippen molar-refractivity contribution in [2.45, 2.75) is 225 Å². The van der Waals surface area contributed by atoms with Crippen molar-refractivity contribution in [2.24, 2.45) is 0 Å². The van der Waals surface area contributed by atoms with E-state index in [0.717, 1.165) is 64.2 Å². The number of hydrogen-bond acceptors (Lipinski definition) is 6. The number of hydrogen-bond donors (Lipinski definition) is 2. The second-order valence-corrected chi connectivity index (χ2v) is 16.3. The molecule has 0 heterocycles. The summed E-state index contributed by atoms with van der Waals surface area (Å²) < 4.78 is 26.4. The van der Waals surface area contributed by atoms with Crippen molar-refractivity contribution in [1.29, 1.82) is 0 Å². The predicted molar refractivity (Wildman–Crippen MR) is 225 cm³/mol. The minimum Gasteiger partial charge on any atom is -0.462 e. The molecule has 0 aliphatic rings. The van der Waals surface area contributed by atoms with E-state index in [2.05, 4.69) is 54.8 Å². The van der Waals surface area contributed by atoms with Crippen LogP contribution in [-0.4, -0.2) is 41.0 Å². The maximum Gasteiger partial charge on any atom is 0.469 e. The lowest BCUT2D eigenvalue weighted by Crippen LogP contribution is -2.29. The van der Waals surface area contributed by atoms with E-state index in [1.54, 1.807) is 0 Å². The third-order valence-electron chi connectivity index (χ3n) is 9.63. The summed E-state index contributed by atoms with van der Waals surface area (Å²) in [6, 6.07) is 0. The van der Waals surface area contributed by atoms with Crippen LogP contribution in [-0.2, 0) is 28.2 Å². The second kappa shape index (κ2) is 40.9.